The number of methoxy groups -OCH3 is 2. The Labute approximate surface area is 223 Å². The first-order valence-electron chi connectivity index (χ1n) is 12.0. The number of nitrogens with one attached hydrogen (secondary N) is 1. The minimum Gasteiger partial charge on any atom is -0.492 e. The van der Waals surface area contributed by atoms with Gasteiger partial charge in [0.05, 0.1) is 31.8 Å². The maximum absolute atomic E-state index is 12.9. The maximum Gasteiger partial charge on any atom is 0.229 e. The summed E-state index contributed by atoms with van der Waals surface area (Å²) in [6.45, 7) is -0.603. The van der Waals surface area contributed by atoms with Crippen LogP contribution in [0, 0.1) is 0 Å². The third-order valence-corrected chi connectivity index (χ3v) is 7.64. The summed E-state index contributed by atoms with van der Waals surface area (Å²) in [4.78, 5) is 24.8. The van der Waals surface area contributed by atoms with Crippen LogP contribution in [0.4, 0.5) is 0 Å². The van der Waals surface area contributed by atoms with Crippen LogP contribution in [0.2, 0.25) is 0 Å². The summed E-state index contributed by atoms with van der Waals surface area (Å²) >= 11 is 1.32. The van der Waals surface area contributed by atoms with E-state index in [0.29, 0.717) is 46.6 Å². The third-order valence-electron chi connectivity index (χ3n) is 6.86. The molecule has 206 valence electrons. The Kier molecular flexibility index (Phi) is 8.81. The van der Waals surface area contributed by atoms with Crippen LogP contribution in [0.3, 0.4) is 0 Å². The zero-order valence-corrected chi connectivity index (χ0v) is 21.9. The number of hydrogen-bond donors (Lipinski definition) is 5. The Morgan fingerprint density at radius 2 is 1.84 bits per heavy atom. The van der Waals surface area contributed by atoms with Crippen LogP contribution < -0.4 is 25.0 Å². The first kappa shape index (κ1) is 28.1. The number of aliphatic hydroxyl groups excluding tert-OH is 4. The quantitative estimate of drug-likeness (QED) is 0.228. The van der Waals surface area contributed by atoms with E-state index in [2.05, 4.69) is 5.32 Å². The van der Waals surface area contributed by atoms with E-state index in [9.17, 15) is 30.0 Å². The van der Waals surface area contributed by atoms with E-state index in [-0.39, 0.29) is 16.9 Å². The van der Waals surface area contributed by atoms with Crippen LogP contribution in [0.15, 0.2) is 34.0 Å². The van der Waals surface area contributed by atoms with Gasteiger partial charge in [0.15, 0.2) is 16.9 Å². The van der Waals surface area contributed by atoms with E-state index in [1.807, 2.05) is 12.3 Å². The molecule has 1 amide bonds. The van der Waals surface area contributed by atoms with Gasteiger partial charge in [-0.25, -0.2) is 0 Å². The summed E-state index contributed by atoms with van der Waals surface area (Å²) in [5, 5.41) is 43.1. The van der Waals surface area contributed by atoms with Gasteiger partial charge >= 0.3 is 0 Å². The van der Waals surface area contributed by atoms with Gasteiger partial charge in [-0.05, 0) is 54.0 Å². The average molecular weight is 550 g/mol. The number of hydrogen-bond acceptors (Lipinski definition) is 11. The number of aliphatic hydroxyl groups is 4. The predicted octanol–water partition coefficient (Wildman–Crippen LogP) is 0.365. The van der Waals surface area contributed by atoms with Crippen molar-refractivity contribution in [3.8, 4) is 28.4 Å². The molecule has 38 heavy (non-hydrogen) atoms. The Hall–Kier alpha value is -2.87. The highest BCUT2D eigenvalue weighted by Crippen LogP contribution is 2.50. The second-order valence-corrected chi connectivity index (χ2v) is 9.79. The Bertz CT molecular complexity index is 1240. The van der Waals surface area contributed by atoms with Crippen molar-refractivity contribution in [3.05, 3.63) is 45.6 Å². The molecule has 1 aliphatic carbocycles. The highest BCUT2D eigenvalue weighted by molar-refractivity contribution is 7.98. The van der Waals surface area contributed by atoms with Crippen LogP contribution in [0.5, 0.6) is 17.2 Å². The molecule has 0 bridgehead atoms. The maximum atomic E-state index is 12.9. The van der Waals surface area contributed by atoms with Gasteiger partial charge in [-0.2, -0.15) is 0 Å². The number of fused-ring (bicyclic) bond motifs is 3. The number of ether oxygens (including phenoxy) is 4. The van der Waals surface area contributed by atoms with Crippen LogP contribution >= 0.6 is 11.8 Å². The Morgan fingerprint density at radius 3 is 2.47 bits per heavy atom. The number of carbonyl (C=O) groups excluding carboxylic acids is 1. The van der Waals surface area contributed by atoms with Crippen LogP contribution in [-0.4, -0.2) is 84.6 Å². The molecule has 1 fully saturated rings. The van der Waals surface area contributed by atoms with E-state index < -0.39 is 43.4 Å². The smallest absolute Gasteiger partial charge is 0.229 e. The molecule has 2 aliphatic rings. The largest absolute Gasteiger partial charge is 0.492 e. The van der Waals surface area contributed by atoms with Crippen molar-refractivity contribution >= 4 is 18.2 Å². The topological polar surface area (TPSA) is 164 Å². The van der Waals surface area contributed by atoms with Crippen molar-refractivity contribution in [2.24, 2.45) is 0 Å². The molecule has 0 saturated carbocycles. The van der Waals surface area contributed by atoms with Crippen molar-refractivity contribution in [1.29, 1.82) is 0 Å². The van der Waals surface area contributed by atoms with Crippen molar-refractivity contribution in [1.82, 2.24) is 5.32 Å². The molecule has 0 unspecified atom stereocenters. The van der Waals surface area contributed by atoms with E-state index in [4.69, 9.17) is 18.9 Å². The van der Waals surface area contributed by atoms with Gasteiger partial charge in [0.1, 0.15) is 24.4 Å². The minimum atomic E-state index is -1.62. The molecular weight excluding hydrogens is 518 g/mol. The molecule has 12 heteroatoms. The molecule has 0 aromatic heterocycles. The summed E-state index contributed by atoms with van der Waals surface area (Å²) < 4.78 is 22.9. The monoisotopic (exact) mass is 549 g/mol. The van der Waals surface area contributed by atoms with Gasteiger partial charge in [-0.15, -0.1) is 11.8 Å². The van der Waals surface area contributed by atoms with Crippen molar-refractivity contribution in [2.45, 2.75) is 54.5 Å². The number of aryl methyl sites for hydroxylation is 1. The SMILES string of the molecule is COc1c(O[C@@H]2O[C@H](CO)[C@@H](O)[C@H](O)[C@H]2O)cc2c(c1OC)-c1ccc(SC)c(=O)cc1[C@@H](NC=O)CC2. The van der Waals surface area contributed by atoms with E-state index in [1.165, 1.54) is 32.0 Å². The van der Waals surface area contributed by atoms with Gasteiger partial charge in [0.25, 0.3) is 0 Å². The van der Waals surface area contributed by atoms with Gasteiger partial charge in [0.2, 0.25) is 18.4 Å². The first-order valence-corrected chi connectivity index (χ1v) is 13.2. The molecular formula is C26H31NO10S. The minimum absolute atomic E-state index is 0.130. The fourth-order valence-electron chi connectivity index (χ4n) is 4.95. The lowest BCUT2D eigenvalue weighted by Gasteiger charge is -2.39. The lowest BCUT2D eigenvalue weighted by molar-refractivity contribution is -0.277. The molecule has 11 nitrogen and oxygen atoms in total. The van der Waals surface area contributed by atoms with Gasteiger partial charge in [0, 0.05) is 5.56 Å². The second-order valence-electron chi connectivity index (χ2n) is 8.95. The van der Waals surface area contributed by atoms with Gasteiger partial charge in [-0.1, -0.05) is 6.07 Å². The molecule has 1 heterocycles. The molecule has 6 atom stereocenters. The Morgan fingerprint density at radius 1 is 1.11 bits per heavy atom. The lowest BCUT2D eigenvalue weighted by Crippen LogP contribution is -2.60. The number of amides is 1. The molecule has 2 aromatic carbocycles. The summed E-state index contributed by atoms with van der Waals surface area (Å²) in [5.74, 6) is 0.585. The number of benzene rings is 1. The molecule has 4 rings (SSSR count). The fraction of sp³-hybridized carbons (Fsp3) is 0.462. The molecule has 1 saturated heterocycles. The van der Waals surface area contributed by atoms with E-state index in [1.54, 1.807) is 12.1 Å². The van der Waals surface area contributed by atoms with E-state index in [0.717, 1.165) is 5.56 Å². The molecule has 2 aromatic rings. The molecule has 0 spiro atoms. The predicted molar refractivity (Wildman–Crippen MR) is 138 cm³/mol. The molecule has 0 radical (unpaired) electrons. The van der Waals surface area contributed by atoms with E-state index >= 15 is 0 Å². The number of thioether (sulfide) groups is 1. The number of carbonyl (C=O) groups is 1. The van der Waals surface area contributed by atoms with Crippen LogP contribution in [0.1, 0.15) is 23.6 Å². The zero-order valence-electron chi connectivity index (χ0n) is 21.1. The third kappa shape index (κ3) is 5.07. The van der Waals surface area contributed by atoms with Crippen molar-refractivity contribution in [3.63, 3.8) is 0 Å². The summed E-state index contributed by atoms with van der Waals surface area (Å²) in [5.41, 5.74) is 2.53. The highest BCUT2D eigenvalue weighted by Gasteiger charge is 2.45. The number of rotatable bonds is 8. The van der Waals surface area contributed by atoms with Crippen LogP contribution in [0.25, 0.3) is 11.1 Å². The summed E-state index contributed by atoms with van der Waals surface area (Å²) in [6, 6.07) is 6.30. The van der Waals surface area contributed by atoms with Crippen molar-refractivity contribution < 1.29 is 44.2 Å². The van der Waals surface area contributed by atoms with Gasteiger partial charge in [-0.3, -0.25) is 9.59 Å². The fourth-order valence-corrected chi connectivity index (χ4v) is 5.41. The van der Waals surface area contributed by atoms with Gasteiger partial charge < -0.3 is 44.7 Å². The lowest BCUT2D eigenvalue weighted by atomic mass is 9.95. The standard InChI is InChI=1S/C26H31NO10S/c1-34-24-17(36-26-23(33)22(32)21(31)18(10-28)37-26)8-12-4-6-15(27-11-29)14-9-16(30)19(38-3)7-5-13(14)20(12)25(24)35-2/h5,7-9,11,15,18,21-23,26,28,31-33H,4,6,10H2,1-3H3,(H,27,29)/t15-,18+,21+,22-,23+,26+/m0/s1. The summed E-state index contributed by atoms with van der Waals surface area (Å²) in [6.07, 6.45) is -4.03. The van der Waals surface area contributed by atoms with Crippen LogP contribution in [-0.2, 0) is 16.0 Å². The zero-order chi connectivity index (χ0) is 27.6. The Balaban J connectivity index is 1.89. The average Bonchev–Trinajstić information content (AvgIpc) is 3.16. The normalized spacial score (nSPS) is 26.4. The molecule has 5 N–H and O–H groups in total. The van der Waals surface area contributed by atoms with Crippen molar-refractivity contribution in [2.75, 3.05) is 27.1 Å². The second kappa shape index (κ2) is 11.9. The molecule has 1 aliphatic heterocycles. The first-order chi connectivity index (χ1) is 18.3. The highest BCUT2D eigenvalue weighted by atomic mass is 32.2. The summed E-state index contributed by atoms with van der Waals surface area (Å²) in [7, 11) is 2.86.